The minimum atomic E-state index is -0.648. The molecule has 0 saturated heterocycles. The lowest BCUT2D eigenvalue weighted by Gasteiger charge is -2.09. The number of hydrogen-bond donors (Lipinski definition) is 1. The largest absolute Gasteiger partial charge is 0.497 e. The van der Waals surface area contributed by atoms with Crippen LogP contribution in [0.1, 0.15) is 15.9 Å². The molecule has 5 heteroatoms. The molecule has 104 valence electrons. The molecule has 2 aromatic rings. The van der Waals surface area contributed by atoms with Crippen LogP contribution in [0.5, 0.6) is 5.75 Å². The molecule has 1 amide bonds. The van der Waals surface area contributed by atoms with Gasteiger partial charge in [0.25, 0.3) is 5.91 Å². The molecule has 0 heterocycles. The van der Waals surface area contributed by atoms with Crippen molar-refractivity contribution in [2.24, 2.45) is 0 Å². The van der Waals surface area contributed by atoms with Crippen LogP contribution in [-0.4, -0.2) is 13.0 Å². The lowest BCUT2D eigenvalue weighted by molar-refractivity contribution is 0.102. The van der Waals surface area contributed by atoms with Gasteiger partial charge in [-0.15, -0.1) is 0 Å². The molecule has 0 spiro atoms. The number of amides is 1. The highest BCUT2D eigenvalue weighted by Gasteiger charge is 2.14. The van der Waals surface area contributed by atoms with Crippen molar-refractivity contribution in [3.05, 3.63) is 58.4 Å². The first kappa shape index (κ1) is 14.3. The van der Waals surface area contributed by atoms with E-state index in [9.17, 15) is 9.18 Å². The van der Waals surface area contributed by atoms with Crippen LogP contribution < -0.4 is 10.1 Å². The van der Waals surface area contributed by atoms with Gasteiger partial charge in [0.1, 0.15) is 11.6 Å². The molecule has 0 saturated carbocycles. The summed E-state index contributed by atoms with van der Waals surface area (Å²) in [5.41, 5.74) is 1.33. The number of rotatable bonds is 3. The van der Waals surface area contributed by atoms with Gasteiger partial charge in [-0.2, -0.15) is 0 Å². The first-order valence-electron chi connectivity index (χ1n) is 5.92. The van der Waals surface area contributed by atoms with Gasteiger partial charge in [-0.1, -0.05) is 17.7 Å². The number of anilines is 1. The number of methoxy groups -OCH3 is 1. The van der Waals surface area contributed by atoms with E-state index in [0.29, 0.717) is 16.5 Å². The van der Waals surface area contributed by atoms with Crippen LogP contribution in [0.4, 0.5) is 10.1 Å². The summed E-state index contributed by atoms with van der Waals surface area (Å²) in [7, 11) is 1.43. The molecule has 0 radical (unpaired) electrons. The average Bonchev–Trinajstić information content (AvgIpc) is 2.42. The van der Waals surface area contributed by atoms with Crippen molar-refractivity contribution in [2.45, 2.75) is 6.92 Å². The highest BCUT2D eigenvalue weighted by atomic mass is 35.5. The van der Waals surface area contributed by atoms with E-state index in [1.165, 1.54) is 19.2 Å². The van der Waals surface area contributed by atoms with E-state index in [2.05, 4.69) is 5.32 Å². The van der Waals surface area contributed by atoms with Gasteiger partial charge in [-0.3, -0.25) is 4.79 Å². The zero-order chi connectivity index (χ0) is 14.7. The summed E-state index contributed by atoms with van der Waals surface area (Å²) in [6.07, 6.45) is 0. The van der Waals surface area contributed by atoms with E-state index in [0.717, 1.165) is 11.6 Å². The highest BCUT2D eigenvalue weighted by Crippen LogP contribution is 2.24. The quantitative estimate of drug-likeness (QED) is 0.927. The zero-order valence-corrected chi connectivity index (χ0v) is 11.8. The first-order valence-corrected chi connectivity index (χ1v) is 6.30. The van der Waals surface area contributed by atoms with Crippen molar-refractivity contribution in [3.8, 4) is 5.75 Å². The molecular weight excluding hydrogens is 281 g/mol. The highest BCUT2D eigenvalue weighted by molar-refractivity contribution is 6.34. The minimum Gasteiger partial charge on any atom is -0.497 e. The van der Waals surface area contributed by atoms with Crippen LogP contribution in [0.25, 0.3) is 0 Å². The Balaban J connectivity index is 2.26. The monoisotopic (exact) mass is 293 g/mol. The smallest absolute Gasteiger partial charge is 0.258 e. The predicted octanol–water partition coefficient (Wildman–Crippen LogP) is 4.05. The summed E-state index contributed by atoms with van der Waals surface area (Å²) < 4.78 is 18.7. The Labute approximate surface area is 121 Å². The van der Waals surface area contributed by atoms with Crippen LogP contribution in [-0.2, 0) is 0 Å². The number of benzene rings is 2. The molecule has 0 aliphatic heterocycles. The second-order valence-corrected chi connectivity index (χ2v) is 4.69. The Morgan fingerprint density at radius 1 is 1.25 bits per heavy atom. The fourth-order valence-electron chi connectivity index (χ4n) is 1.73. The van der Waals surface area contributed by atoms with E-state index in [1.54, 1.807) is 12.1 Å². The molecule has 0 fully saturated rings. The lowest BCUT2D eigenvalue weighted by atomic mass is 10.1. The maximum absolute atomic E-state index is 13.8. The first-order chi connectivity index (χ1) is 9.51. The van der Waals surface area contributed by atoms with E-state index >= 15 is 0 Å². The van der Waals surface area contributed by atoms with Crippen LogP contribution >= 0.6 is 11.6 Å². The van der Waals surface area contributed by atoms with Crippen LogP contribution in [0.15, 0.2) is 36.4 Å². The normalized spacial score (nSPS) is 10.2. The Morgan fingerprint density at radius 2 is 2.00 bits per heavy atom. The molecule has 1 N–H and O–H groups in total. The molecule has 0 aliphatic carbocycles. The number of carbonyl (C=O) groups is 1. The van der Waals surface area contributed by atoms with Crippen LogP contribution in [0.3, 0.4) is 0 Å². The van der Waals surface area contributed by atoms with Crippen molar-refractivity contribution >= 4 is 23.2 Å². The number of halogens is 2. The fourth-order valence-corrected chi connectivity index (χ4v) is 1.90. The number of ether oxygens (including phenoxy) is 1. The minimum absolute atomic E-state index is 0.0663. The van der Waals surface area contributed by atoms with Crippen molar-refractivity contribution in [2.75, 3.05) is 12.4 Å². The van der Waals surface area contributed by atoms with E-state index < -0.39 is 11.7 Å². The predicted molar refractivity (Wildman–Crippen MR) is 77.1 cm³/mol. The summed E-state index contributed by atoms with van der Waals surface area (Å²) in [5.74, 6) is -0.851. The average molecular weight is 294 g/mol. The number of aryl methyl sites for hydroxylation is 1. The van der Waals surface area contributed by atoms with Gasteiger partial charge in [0.2, 0.25) is 0 Å². The Bertz CT molecular complexity index is 658. The Hall–Kier alpha value is -2.07. The number of nitrogens with one attached hydrogen (secondary N) is 1. The van der Waals surface area contributed by atoms with Gasteiger partial charge in [0, 0.05) is 6.07 Å². The molecule has 0 unspecified atom stereocenters. The van der Waals surface area contributed by atoms with E-state index in [4.69, 9.17) is 16.3 Å². The molecule has 2 rings (SSSR count). The van der Waals surface area contributed by atoms with Gasteiger partial charge < -0.3 is 10.1 Å². The standard InChI is InChI=1S/C15H13ClFNO2/c1-9-3-6-12(16)14(7-9)18-15(19)11-5-4-10(20-2)8-13(11)17/h3-8H,1-2H3,(H,18,19). The summed E-state index contributed by atoms with van der Waals surface area (Å²) >= 11 is 5.99. The van der Waals surface area contributed by atoms with Gasteiger partial charge in [0.05, 0.1) is 23.4 Å². The molecule has 3 nitrogen and oxygen atoms in total. The van der Waals surface area contributed by atoms with Crippen molar-refractivity contribution < 1.29 is 13.9 Å². The maximum Gasteiger partial charge on any atom is 0.258 e. The molecular formula is C15H13ClFNO2. The molecule has 0 aliphatic rings. The van der Waals surface area contributed by atoms with E-state index in [1.807, 2.05) is 13.0 Å². The second-order valence-electron chi connectivity index (χ2n) is 4.28. The van der Waals surface area contributed by atoms with Crippen LogP contribution in [0, 0.1) is 12.7 Å². The molecule has 0 aromatic heterocycles. The summed E-state index contributed by atoms with van der Waals surface area (Å²) in [5, 5.41) is 2.99. The Morgan fingerprint density at radius 3 is 2.65 bits per heavy atom. The van der Waals surface area contributed by atoms with Gasteiger partial charge in [-0.05, 0) is 36.8 Å². The molecule has 0 bridgehead atoms. The summed E-state index contributed by atoms with van der Waals surface area (Å²) in [4.78, 5) is 12.0. The lowest BCUT2D eigenvalue weighted by Crippen LogP contribution is -2.14. The van der Waals surface area contributed by atoms with Crippen molar-refractivity contribution in [3.63, 3.8) is 0 Å². The second kappa shape index (κ2) is 5.92. The van der Waals surface area contributed by atoms with Gasteiger partial charge in [-0.25, -0.2) is 4.39 Å². The molecule has 20 heavy (non-hydrogen) atoms. The molecule has 2 aromatic carbocycles. The van der Waals surface area contributed by atoms with Crippen LogP contribution in [0.2, 0.25) is 5.02 Å². The third-order valence-electron chi connectivity index (χ3n) is 2.79. The van der Waals surface area contributed by atoms with Gasteiger partial charge in [0.15, 0.2) is 0 Å². The Kier molecular flexibility index (Phi) is 4.25. The number of hydrogen-bond acceptors (Lipinski definition) is 2. The van der Waals surface area contributed by atoms with Crippen molar-refractivity contribution in [1.29, 1.82) is 0 Å². The summed E-state index contributed by atoms with van der Waals surface area (Å²) in [6.45, 7) is 1.87. The van der Waals surface area contributed by atoms with E-state index in [-0.39, 0.29) is 5.56 Å². The zero-order valence-electron chi connectivity index (χ0n) is 11.0. The van der Waals surface area contributed by atoms with Gasteiger partial charge >= 0.3 is 0 Å². The third-order valence-corrected chi connectivity index (χ3v) is 3.12. The third kappa shape index (κ3) is 3.08. The molecule has 0 atom stereocenters. The maximum atomic E-state index is 13.8. The SMILES string of the molecule is COc1ccc(C(=O)Nc2cc(C)ccc2Cl)c(F)c1. The van der Waals surface area contributed by atoms with Crippen molar-refractivity contribution in [1.82, 2.24) is 0 Å². The number of carbonyl (C=O) groups excluding carboxylic acids is 1. The fraction of sp³-hybridized carbons (Fsp3) is 0.133. The topological polar surface area (TPSA) is 38.3 Å². The summed E-state index contributed by atoms with van der Waals surface area (Å²) in [6, 6.07) is 9.28.